The molecule has 142 valence electrons. The van der Waals surface area contributed by atoms with Crippen molar-refractivity contribution in [3.8, 4) is 5.75 Å². The summed E-state index contributed by atoms with van der Waals surface area (Å²) in [6.45, 7) is 0. The number of amides is 5. The lowest BCUT2D eigenvalue weighted by Crippen LogP contribution is -2.58. The smallest absolute Gasteiger partial charge is 0.335 e. The number of hydrogen-bond acceptors (Lipinski definition) is 6. The first-order valence-electron chi connectivity index (χ1n) is 8.23. The molecule has 1 atom stereocenters. The van der Waals surface area contributed by atoms with Crippen molar-refractivity contribution in [1.29, 1.82) is 0 Å². The quantitative estimate of drug-likeness (QED) is 0.461. The number of ether oxygens (including phenoxy) is 1. The van der Waals surface area contributed by atoms with Crippen LogP contribution in [0.2, 0.25) is 0 Å². The summed E-state index contributed by atoms with van der Waals surface area (Å²) >= 11 is 0. The lowest BCUT2D eigenvalue weighted by molar-refractivity contribution is -0.131. The molecule has 1 fully saturated rings. The largest absolute Gasteiger partial charge is 0.495 e. The molecule has 0 radical (unpaired) electrons. The number of para-hydroxylation sites is 2. The van der Waals surface area contributed by atoms with Crippen LogP contribution in [0.1, 0.15) is 10.4 Å². The molecular weight excluding hydrogens is 364 g/mol. The number of nitrogens with one attached hydrogen (secondary N) is 2. The minimum atomic E-state index is -1.39. The number of methoxy groups -OCH3 is 1. The van der Waals surface area contributed by atoms with Crippen LogP contribution >= 0.6 is 0 Å². The van der Waals surface area contributed by atoms with Crippen molar-refractivity contribution in [3.63, 3.8) is 0 Å². The Balaban J connectivity index is 1.79. The summed E-state index contributed by atoms with van der Waals surface area (Å²) in [7, 11) is 1.40. The van der Waals surface area contributed by atoms with Crippen molar-refractivity contribution in [2.45, 2.75) is 0 Å². The number of urea groups is 1. The van der Waals surface area contributed by atoms with Crippen LogP contribution in [-0.4, -0.2) is 37.1 Å². The SMILES string of the molecule is COc1ccccc1N1C(=O)NC(=O)[C@H](/C=N\NC(=O)c2ccccc2)C1=O. The summed E-state index contributed by atoms with van der Waals surface area (Å²) in [5, 5.41) is 5.79. The van der Waals surface area contributed by atoms with Crippen LogP contribution in [0.3, 0.4) is 0 Å². The van der Waals surface area contributed by atoms with Crippen molar-refractivity contribution in [3.05, 3.63) is 60.2 Å². The first kappa shape index (κ1) is 18.8. The van der Waals surface area contributed by atoms with Crippen LogP contribution in [0, 0.1) is 5.92 Å². The Labute approximate surface area is 160 Å². The van der Waals surface area contributed by atoms with Gasteiger partial charge in [-0.05, 0) is 24.3 Å². The van der Waals surface area contributed by atoms with Gasteiger partial charge in [0.05, 0.1) is 12.8 Å². The van der Waals surface area contributed by atoms with E-state index in [4.69, 9.17) is 4.74 Å². The average Bonchev–Trinajstić information content (AvgIpc) is 2.71. The second-order valence-electron chi connectivity index (χ2n) is 5.70. The summed E-state index contributed by atoms with van der Waals surface area (Å²) < 4.78 is 5.17. The van der Waals surface area contributed by atoms with Crippen molar-refractivity contribution in [2.24, 2.45) is 11.0 Å². The number of benzene rings is 2. The first-order valence-corrected chi connectivity index (χ1v) is 8.23. The number of nitrogens with zero attached hydrogens (tertiary/aromatic N) is 2. The van der Waals surface area contributed by atoms with Crippen molar-refractivity contribution in [1.82, 2.24) is 10.7 Å². The summed E-state index contributed by atoms with van der Waals surface area (Å²) in [5.74, 6) is -3.25. The van der Waals surface area contributed by atoms with Gasteiger partial charge in [0.2, 0.25) is 5.91 Å². The van der Waals surface area contributed by atoms with E-state index in [1.54, 1.807) is 48.5 Å². The highest BCUT2D eigenvalue weighted by Crippen LogP contribution is 2.30. The van der Waals surface area contributed by atoms with Crippen LogP contribution in [0.4, 0.5) is 10.5 Å². The molecule has 2 N–H and O–H groups in total. The van der Waals surface area contributed by atoms with E-state index in [9.17, 15) is 19.2 Å². The predicted octanol–water partition coefficient (Wildman–Crippen LogP) is 1.31. The van der Waals surface area contributed by atoms with Crippen molar-refractivity contribution < 1.29 is 23.9 Å². The van der Waals surface area contributed by atoms with Gasteiger partial charge in [0, 0.05) is 11.8 Å². The number of rotatable bonds is 5. The van der Waals surface area contributed by atoms with Crippen LogP contribution in [-0.2, 0) is 9.59 Å². The number of carbonyl (C=O) groups excluding carboxylic acids is 4. The van der Waals surface area contributed by atoms with E-state index in [0.29, 0.717) is 5.56 Å². The zero-order valence-electron chi connectivity index (χ0n) is 14.8. The van der Waals surface area contributed by atoms with Gasteiger partial charge in [0.15, 0.2) is 5.92 Å². The zero-order chi connectivity index (χ0) is 20.1. The molecule has 1 aliphatic rings. The van der Waals surface area contributed by atoms with Crippen molar-refractivity contribution >= 4 is 35.7 Å². The second kappa shape index (κ2) is 8.12. The molecule has 9 nitrogen and oxygen atoms in total. The summed E-state index contributed by atoms with van der Waals surface area (Å²) in [4.78, 5) is 49.8. The monoisotopic (exact) mass is 380 g/mol. The van der Waals surface area contributed by atoms with Crippen molar-refractivity contribution in [2.75, 3.05) is 12.0 Å². The highest BCUT2D eigenvalue weighted by Gasteiger charge is 2.41. The molecule has 2 aromatic carbocycles. The fraction of sp³-hybridized carbons (Fsp3) is 0.105. The molecule has 0 saturated carbocycles. The molecule has 1 aliphatic heterocycles. The van der Waals surface area contributed by atoms with E-state index in [0.717, 1.165) is 11.1 Å². The molecule has 1 saturated heterocycles. The Bertz CT molecular complexity index is 958. The number of hydrazone groups is 1. The third-order valence-electron chi connectivity index (χ3n) is 3.95. The number of barbiturate groups is 1. The minimum absolute atomic E-state index is 0.187. The number of carbonyl (C=O) groups is 4. The van der Waals surface area contributed by atoms with Gasteiger partial charge in [-0.3, -0.25) is 19.7 Å². The minimum Gasteiger partial charge on any atom is -0.495 e. The van der Waals surface area contributed by atoms with Gasteiger partial charge in [-0.2, -0.15) is 5.10 Å². The molecule has 28 heavy (non-hydrogen) atoms. The Kier molecular flexibility index (Phi) is 5.45. The Morgan fingerprint density at radius 2 is 1.79 bits per heavy atom. The lowest BCUT2D eigenvalue weighted by atomic mass is 10.1. The standard InChI is InChI=1S/C19H16N4O5/c1-28-15-10-6-5-9-14(15)23-18(26)13(17(25)21-19(23)27)11-20-22-16(24)12-7-3-2-4-8-12/h2-11,13H,1H3,(H,22,24)(H,21,25,27)/b20-11-/t13-/m0/s1. The topological polar surface area (TPSA) is 117 Å². The van der Waals surface area contributed by atoms with Gasteiger partial charge in [-0.1, -0.05) is 30.3 Å². The average molecular weight is 380 g/mol. The van der Waals surface area contributed by atoms with Gasteiger partial charge in [-0.15, -0.1) is 0 Å². The summed E-state index contributed by atoms with van der Waals surface area (Å²) in [6, 6.07) is 13.8. The molecule has 0 aliphatic carbocycles. The number of hydrogen-bond donors (Lipinski definition) is 2. The molecule has 0 aromatic heterocycles. The van der Waals surface area contributed by atoms with Crippen LogP contribution in [0.25, 0.3) is 0 Å². The van der Waals surface area contributed by atoms with Gasteiger partial charge in [-0.25, -0.2) is 15.1 Å². The van der Waals surface area contributed by atoms with Gasteiger partial charge >= 0.3 is 6.03 Å². The molecule has 2 aromatic rings. The van der Waals surface area contributed by atoms with Crippen LogP contribution in [0.15, 0.2) is 59.7 Å². The third-order valence-corrected chi connectivity index (χ3v) is 3.95. The molecule has 0 bridgehead atoms. The lowest BCUT2D eigenvalue weighted by Gasteiger charge is -2.29. The number of anilines is 1. The zero-order valence-corrected chi connectivity index (χ0v) is 14.8. The van der Waals surface area contributed by atoms with E-state index in [1.165, 1.54) is 13.2 Å². The molecule has 1 heterocycles. The maximum atomic E-state index is 12.7. The van der Waals surface area contributed by atoms with Gasteiger partial charge < -0.3 is 4.74 Å². The van der Waals surface area contributed by atoms with E-state index < -0.39 is 29.7 Å². The highest BCUT2D eigenvalue weighted by molar-refractivity contribution is 6.32. The fourth-order valence-corrected chi connectivity index (χ4v) is 2.59. The molecular formula is C19H16N4O5. The van der Waals surface area contributed by atoms with E-state index in [2.05, 4.69) is 15.8 Å². The molecule has 0 unspecified atom stereocenters. The Hall–Kier alpha value is -4.01. The third kappa shape index (κ3) is 3.73. The normalized spacial score (nSPS) is 16.8. The molecule has 3 rings (SSSR count). The van der Waals surface area contributed by atoms with E-state index in [1.807, 2.05) is 0 Å². The van der Waals surface area contributed by atoms with Gasteiger partial charge in [0.25, 0.3) is 11.8 Å². The maximum absolute atomic E-state index is 12.7. The molecule has 9 heteroatoms. The van der Waals surface area contributed by atoms with Gasteiger partial charge in [0.1, 0.15) is 5.75 Å². The van der Waals surface area contributed by atoms with Crippen LogP contribution in [0.5, 0.6) is 5.75 Å². The Morgan fingerprint density at radius 3 is 2.50 bits per heavy atom. The molecule has 5 amide bonds. The Morgan fingerprint density at radius 1 is 1.11 bits per heavy atom. The second-order valence-corrected chi connectivity index (χ2v) is 5.70. The summed E-state index contributed by atoms with van der Waals surface area (Å²) in [5.41, 5.74) is 2.80. The summed E-state index contributed by atoms with van der Waals surface area (Å²) in [6.07, 6.45) is 0.980. The fourth-order valence-electron chi connectivity index (χ4n) is 2.59. The highest BCUT2D eigenvalue weighted by atomic mass is 16.5. The molecule has 0 spiro atoms. The first-order chi connectivity index (χ1) is 13.5. The van der Waals surface area contributed by atoms with E-state index in [-0.39, 0.29) is 11.4 Å². The van der Waals surface area contributed by atoms with E-state index >= 15 is 0 Å². The maximum Gasteiger partial charge on any atom is 0.335 e. The number of imide groups is 2. The van der Waals surface area contributed by atoms with Crippen LogP contribution < -0.4 is 20.4 Å². The predicted molar refractivity (Wildman–Crippen MR) is 99.9 cm³/mol.